The first-order valence-corrected chi connectivity index (χ1v) is 7.27. The summed E-state index contributed by atoms with van der Waals surface area (Å²) >= 11 is 6.26. The van der Waals surface area contributed by atoms with Crippen LogP contribution in [0.15, 0.2) is 36.4 Å². The van der Waals surface area contributed by atoms with Gasteiger partial charge in [-0.25, -0.2) is 0 Å². The summed E-state index contributed by atoms with van der Waals surface area (Å²) < 4.78 is 11.5. The predicted molar refractivity (Wildman–Crippen MR) is 82.2 cm³/mol. The normalized spacial score (nSPS) is 18.4. The summed E-state index contributed by atoms with van der Waals surface area (Å²) in [7, 11) is 0. The van der Waals surface area contributed by atoms with Crippen molar-refractivity contribution in [2.45, 2.75) is 26.1 Å². The monoisotopic (exact) mass is 304 g/mol. The zero-order chi connectivity index (χ0) is 15.0. The van der Waals surface area contributed by atoms with E-state index in [1.54, 1.807) is 0 Å². The number of aliphatic hydroxyl groups excluding tert-OH is 1. The summed E-state index contributed by atoms with van der Waals surface area (Å²) in [6, 6.07) is 11.2. The molecule has 0 amide bonds. The molecule has 0 saturated heterocycles. The Labute approximate surface area is 129 Å². The van der Waals surface area contributed by atoms with Gasteiger partial charge in [0.15, 0.2) is 17.6 Å². The Kier molecular flexibility index (Phi) is 3.79. The number of fused-ring (bicyclic) bond motifs is 1. The van der Waals surface area contributed by atoms with Crippen molar-refractivity contribution in [2.24, 2.45) is 0 Å². The van der Waals surface area contributed by atoms with E-state index in [2.05, 4.69) is 0 Å². The molecule has 0 fully saturated rings. The van der Waals surface area contributed by atoms with E-state index in [4.69, 9.17) is 21.1 Å². The minimum Gasteiger partial charge on any atom is -0.486 e. The first-order valence-electron chi connectivity index (χ1n) is 6.89. The summed E-state index contributed by atoms with van der Waals surface area (Å²) in [5.41, 5.74) is 2.86. The topological polar surface area (TPSA) is 38.7 Å². The van der Waals surface area contributed by atoms with Gasteiger partial charge in [0.1, 0.15) is 12.7 Å². The van der Waals surface area contributed by atoms with Gasteiger partial charge >= 0.3 is 0 Å². The number of halogens is 1. The van der Waals surface area contributed by atoms with E-state index in [1.807, 2.05) is 50.2 Å². The number of hydrogen-bond acceptors (Lipinski definition) is 3. The molecule has 1 N–H and O–H groups in total. The second-order valence-electron chi connectivity index (χ2n) is 5.32. The highest BCUT2D eigenvalue weighted by Gasteiger charge is 2.30. The molecule has 110 valence electrons. The average Bonchev–Trinajstić information content (AvgIpc) is 2.50. The fraction of sp³-hybridized carbons (Fsp3) is 0.294. The van der Waals surface area contributed by atoms with E-state index in [-0.39, 0.29) is 0 Å². The molecule has 0 bridgehead atoms. The molecule has 0 aromatic heterocycles. The Morgan fingerprint density at radius 2 is 1.81 bits per heavy atom. The third kappa shape index (κ3) is 2.71. The first-order chi connectivity index (χ1) is 10.1. The Morgan fingerprint density at radius 3 is 2.57 bits per heavy atom. The van der Waals surface area contributed by atoms with E-state index >= 15 is 0 Å². The zero-order valence-corrected chi connectivity index (χ0v) is 12.7. The molecule has 0 spiro atoms. The number of aryl methyl sites for hydroxylation is 2. The molecular weight excluding hydrogens is 288 g/mol. The summed E-state index contributed by atoms with van der Waals surface area (Å²) in [6.07, 6.45) is -1.30. The zero-order valence-electron chi connectivity index (χ0n) is 12.0. The van der Waals surface area contributed by atoms with E-state index in [1.165, 1.54) is 0 Å². The molecule has 0 aliphatic carbocycles. The van der Waals surface area contributed by atoms with Gasteiger partial charge in [-0.1, -0.05) is 29.8 Å². The van der Waals surface area contributed by atoms with Crippen molar-refractivity contribution in [1.82, 2.24) is 0 Å². The van der Waals surface area contributed by atoms with Crippen LogP contribution in [0.4, 0.5) is 0 Å². The van der Waals surface area contributed by atoms with Crippen molar-refractivity contribution in [1.29, 1.82) is 0 Å². The molecule has 2 unspecified atom stereocenters. The minimum absolute atomic E-state index is 0.293. The largest absolute Gasteiger partial charge is 0.486 e. The Bertz CT molecular complexity index is 669. The SMILES string of the molecule is Cc1cc(Cl)c(C(O)C2COc3ccccc3O2)cc1C. The van der Waals surface area contributed by atoms with Gasteiger partial charge in [0, 0.05) is 10.6 Å². The van der Waals surface area contributed by atoms with E-state index in [0.29, 0.717) is 28.7 Å². The van der Waals surface area contributed by atoms with Crippen LogP contribution in [0, 0.1) is 13.8 Å². The number of rotatable bonds is 2. The lowest BCUT2D eigenvalue weighted by Crippen LogP contribution is -2.35. The van der Waals surface area contributed by atoms with Crippen LogP contribution in [0.5, 0.6) is 11.5 Å². The highest BCUT2D eigenvalue weighted by molar-refractivity contribution is 6.31. The fourth-order valence-corrected chi connectivity index (χ4v) is 2.75. The van der Waals surface area contributed by atoms with Crippen LogP contribution in [0.25, 0.3) is 0 Å². The van der Waals surface area contributed by atoms with Gasteiger partial charge in [0.2, 0.25) is 0 Å². The average molecular weight is 305 g/mol. The van der Waals surface area contributed by atoms with Gasteiger partial charge in [-0.05, 0) is 43.2 Å². The lowest BCUT2D eigenvalue weighted by molar-refractivity contribution is -0.0112. The highest BCUT2D eigenvalue weighted by Crippen LogP contribution is 2.36. The van der Waals surface area contributed by atoms with Crippen molar-refractivity contribution in [3.05, 3.63) is 58.1 Å². The van der Waals surface area contributed by atoms with Crippen LogP contribution in [0.2, 0.25) is 5.02 Å². The maximum absolute atomic E-state index is 10.6. The summed E-state index contributed by atoms with van der Waals surface area (Å²) in [5, 5.41) is 11.1. The second kappa shape index (κ2) is 5.58. The van der Waals surface area contributed by atoms with Crippen molar-refractivity contribution >= 4 is 11.6 Å². The number of hydrogen-bond donors (Lipinski definition) is 1. The Balaban J connectivity index is 1.87. The third-order valence-corrected chi connectivity index (χ3v) is 4.14. The van der Waals surface area contributed by atoms with Crippen molar-refractivity contribution in [3.8, 4) is 11.5 Å². The number of benzene rings is 2. The predicted octanol–water partition coefficient (Wildman–Crippen LogP) is 3.83. The Morgan fingerprint density at radius 1 is 1.14 bits per heavy atom. The molecule has 2 aromatic carbocycles. The molecule has 2 aromatic rings. The molecule has 1 aliphatic rings. The third-order valence-electron chi connectivity index (χ3n) is 3.81. The second-order valence-corrected chi connectivity index (χ2v) is 5.72. The molecule has 3 nitrogen and oxygen atoms in total. The van der Waals surface area contributed by atoms with Crippen LogP contribution in [0.3, 0.4) is 0 Å². The lowest BCUT2D eigenvalue weighted by Gasteiger charge is -2.30. The van der Waals surface area contributed by atoms with Crippen molar-refractivity contribution in [3.63, 3.8) is 0 Å². The molecule has 1 heterocycles. The molecule has 21 heavy (non-hydrogen) atoms. The van der Waals surface area contributed by atoms with Crippen LogP contribution in [-0.4, -0.2) is 17.8 Å². The number of aliphatic hydroxyl groups is 1. The van der Waals surface area contributed by atoms with Gasteiger partial charge < -0.3 is 14.6 Å². The molecule has 0 saturated carbocycles. The van der Waals surface area contributed by atoms with Gasteiger partial charge in [-0.3, -0.25) is 0 Å². The summed E-state index contributed by atoms with van der Waals surface area (Å²) in [4.78, 5) is 0. The molecule has 2 atom stereocenters. The molecule has 3 rings (SSSR count). The standard InChI is InChI=1S/C17H17ClO3/c1-10-7-12(13(18)8-11(10)2)17(19)16-9-20-14-5-3-4-6-15(14)21-16/h3-8,16-17,19H,9H2,1-2H3. The minimum atomic E-state index is -0.829. The van der Waals surface area contributed by atoms with Gasteiger partial charge in [0.05, 0.1) is 0 Å². The van der Waals surface area contributed by atoms with Gasteiger partial charge in [-0.15, -0.1) is 0 Å². The summed E-state index contributed by atoms with van der Waals surface area (Å²) in [6.45, 7) is 4.28. The van der Waals surface area contributed by atoms with Crippen LogP contribution in [-0.2, 0) is 0 Å². The maximum Gasteiger partial charge on any atom is 0.163 e. The van der Waals surface area contributed by atoms with Crippen LogP contribution in [0.1, 0.15) is 22.8 Å². The lowest BCUT2D eigenvalue weighted by atomic mass is 9.99. The maximum atomic E-state index is 10.6. The van der Waals surface area contributed by atoms with Gasteiger partial charge in [-0.2, -0.15) is 0 Å². The quantitative estimate of drug-likeness (QED) is 0.916. The molecule has 1 aliphatic heterocycles. The van der Waals surface area contributed by atoms with Crippen LogP contribution < -0.4 is 9.47 Å². The van der Waals surface area contributed by atoms with Gasteiger partial charge in [0.25, 0.3) is 0 Å². The highest BCUT2D eigenvalue weighted by atomic mass is 35.5. The number of para-hydroxylation sites is 2. The molecule has 0 radical (unpaired) electrons. The van der Waals surface area contributed by atoms with E-state index < -0.39 is 12.2 Å². The summed E-state index contributed by atoms with van der Waals surface area (Å²) in [5.74, 6) is 1.35. The van der Waals surface area contributed by atoms with Crippen molar-refractivity contribution < 1.29 is 14.6 Å². The molecular formula is C17H17ClO3. The van der Waals surface area contributed by atoms with E-state index in [9.17, 15) is 5.11 Å². The number of ether oxygens (including phenoxy) is 2. The fourth-order valence-electron chi connectivity index (χ4n) is 2.42. The first kappa shape index (κ1) is 14.2. The van der Waals surface area contributed by atoms with Crippen LogP contribution >= 0.6 is 11.6 Å². The molecule has 4 heteroatoms. The van der Waals surface area contributed by atoms with E-state index in [0.717, 1.165) is 11.1 Å². The van der Waals surface area contributed by atoms with Crippen molar-refractivity contribution in [2.75, 3.05) is 6.61 Å². The Hall–Kier alpha value is -1.71. The smallest absolute Gasteiger partial charge is 0.163 e.